The van der Waals surface area contributed by atoms with E-state index in [2.05, 4.69) is 205 Å². The summed E-state index contributed by atoms with van der Waals surface area (Å²) in [7, 11) is 0. The zero-order chi connectivity index (χ0) is 37.7. The number of hydrogen-bond donors (Lipinski definition) is 0. The normalized spacial score (nSPS) is 11.5. The molecule has 0 N–H and O–H groups in total. The van der Waals surface area contributed by atoms with E-state index in [1.807, 2.05) is 6.07 Å². The van der Waals surface area contributed by atoms with Gasteiger partial charge in [0, 0.05) is 38.5 Å². The quantitative estimate of drug-likeness (QED) is 0.171. The lowest BCUT2D eigenvalue weighted by molar-refractivity contribution is 1.08. The van der Waals surface area contributed by atoms with Crippen LogP contribution in [0.15, 0.2) is 206 Å². The smallest absolute Gasteiger partial charge is 0.164 e. The minimum absolute atomic E-state index is 0.626. The molecular weight excluding hydrogens is 693 g/mol. The third kappa shape index (κ3) is 5.74. The number of aromatic nitrogens is 4. The van der Waals surface area contributed by atoms with Crippen LogP contribution in [-0.2, 0) is 0 Å². The van der Waals surface area contributed by atoms with Crippen LogP contribution in [-0.4, -0.2) is 19.5 Å². The van der Waals surface area contributed by atoms with Crippen LogP contribution >= 0.6 is 0 Å². The molecule has 57 heavy (non-hydrogen) atoms. The van der Waals surface area contributed by atoms with Gasteiger partial charge >= 0.3 is 0 Å². The van der Waals surface area contributed by atoms with Crippen molar-refractivity contribution in [1.29, 1.82) is 0 Å². The van der Waals surface area contributed by atoms with Crippen molar-refractivity contribution in [2.24, 2.45) is 0 Å². The lowest BCUT2D eigenvalue weighted by Gasteiger charge is -2.11. The van der Waals surface area contributed by atoms with Gasteiger partial charge in [0.2, 0.25) is 0 Å². The van der Waals surface area contributed by atoms with Crippen LogP contribution < -0.4 is 0 Å². The molecule has 0 aliphatic heterocycles. The third-order valence-corrected chi connectivity index (χ3v) is 11.0. The number of hydrogen-bond acceptors (Lipinski definition) is 3. The molecular formula is C53H34N4. The minimum Gasteiger partial charge on any atom is -0.309 e. The Labute approximate surface area is 330 Å². The molecule has 0 atom stereocenters. The summed E-state index contributed by atoms with van der Waals surface area (Å²) in [6.45, 7) is 0. The van der Waals surface area contributed by atoms with Crippen LogP contribution in [0, 0.1) is 0 Å². The van der Waals surface area contributed by atoms with Gasteiger partial charge in [0.25, 0.3) is 0 Å². The second-order valence-corrected chi connectivity index (χ2v) is 14.4. The Kier molecular flexibility index (Phi) is 7.78. The van der Waals surface area contributed by atoms with E-state index >= 15 is 0 Å². The number of fused-ring (bicyclic) bond motifs is 6. The molecule has 0 spiro atoms. The van der Waals surface area contributed by atoms with Gasteiger partial charge in [0.1, 0.15) is 0 Å². The molecule has 0 amide bonds. The zero-order valence-corrected chi connectivity index (χ0v) is 30.9. The van der Waals surface area contributed by atoms with E-state index < -0.39 is 0 Å². The SMILES string of the molecule is c1ccc(-c2ccc(-c3nc(-c4ccc(-c5ccc6ccccc6c5)cc4)nc(-c4cccc5c4c4ccc6ccccc6c4n5-c4ccccc4)n3)cc2)cc1. The van der Waals surface area contributed by atoms with Gasteiger partial charge < -0.3 is 4.57 Å². The second-order valence-electron chi connectivity index (χ2n) is 14.4. The van der Waals surface area contributed by atoms with Gasteiger partial charge in [-0.05, 0) is 62.7 Å². The maximum Gasteiger partial charge on any atom is 0.164 e. The molecule has 0 saturated carbocycles. The Bertz CT molecular complexity index is 3260. The van der Waals surface area contributed by atoms with Crippen LogP contribution in [0.25, 0.3) is 105 Å². The number of benzene rings is 9. The molecule has 2 aromatic heterocycles. The summed E-state index contributed by atoms with van der Waals surface area (Å²) in [6, 6.07) is 72.8. The second kappa shape index (κ2) is 13.6. The van der Waals surface area contributed by atoms with E-state index in [0.29, 0.717) is 17.5 Å². The molecule has 0 aliphatic rings. The first-order valence-corrected chi connectivity index (χ1v) is 19.3. The van der Waals surface area contributed by atoms with E-state index in [1.54, 1.807) is 0 Å². The number of rotatable bonds is 6. The van der Waals surface area contributed by atoms with Gasteiger partial charge in [-0.1, -0.05) is 182 Å². The average molecular weight is 727 g/mol. The Morgan fingerprint density at radius 1 is 0.316 bits per heavy atom. The van der Waals surface area contributed by atoms with Crippen molar-refractivity contribution < 1.29 is 0 Å². The van der Waals surface area contributed by atoms with Gasteiger partial charge in [-0.2, -0.15) is 0 Å². The van der Waals surface area contributed by atoms with E-state index in [4.69, 9.17) is 15.0 Å². The molecule has 4 nitrogen and oxygen atoms in total. The molecule has 0 unspecified atom stereocenters. The highest BCUT2D eigenvalue weighted by Gasteiger charge is 2.21. The zero-order valence-electron chi connectivity index (χ0n) is 30.9. The first-order chi connectivity index (χ1) is 28.2. The lowest BCUT2D eigenvalue weighted by Crippen LogP contribution is -2.00. The standard InChI is InChI=1S/C53H34N4/c1-3-12-35(13-4-1)37-22-27-40(28-23-37)51-54-52(41-29-24-38(25-30-41)43-31-26-36-14-7-8-16-42(36)34-43)56-53(55-51)47-20-11-21-48-49(47)46-33-32-39-15-9-10-19-45(39)50(46)57(48)44-17-5-2-6-18-44/h1-34H. The molecule has 2 heterocycles. The number of para-hydroxylation sites is 1. The average Bonchev–Trinajstić information content (AvgIpc) is 3.65. The summed E-state index contributed by atoms with van der Waals surface area (Å²) in [6.07, 6.45) is 0. The summed E-state index contributed by atoms with van der Waals surface area (Å²) in [4.78, 5) is 15.7. The molecule has 0 radical (unpaired) electrons. The molecule has 266 valence electrons. The topological polar surface area (TPSA) is 43.6 Å². The highest BCUT2D eigenvalue weighted by atomic mass is 15.0. The minimum atomic E-state index is 0.626. The first kappa shape index (κ1) is 32.7. The fraction of sp³-hybridized carbons (Fsp3) is 0. The van der Waals surface area contributed by atoms with Crippen molar-refractivity contribution in [3.63, 3.8) is 0 Å². The first-order valence-electron chi connectivity index (χ1n) is 19.3. The highest BCUT2D eigenvalue weighted by molar-refractivity contribution is 6.22. The van der Waals surface area contributed by atoms with Crippen molar-refractivity contribution >= 4 is 43.4 Å². The molecule has 0 bridgehead atoms. The Morgan fingerprint density at radius 3 is 1.56 bits per heavy atom. The maximum absolute atomic E-state index is 5.28. The van der Waals surface area contributed by atoms with E-state index in [0.717, 1.165) is 55.3 Å². The van der Waals surface area contributed by atoms with Crippen LogP contribution in [0.4, 0.5) is 0 Å². The summed E-state index contributed by atoms with van der Waals surface area (Å²) in [5.41, 5.74) is 10.8. The fourth-order valence-corrected chi connectivity index (χ4v) is 8.24. The Hall–Kier alpha value is -7.69. The summed E-state index contributed by atoms with van der Waals surface area (Å²) in [5.74, 6) is 1.88. The monoisotopic (exact) mass is 726 g/mol. The largest absolute Gasteiger partial charge is 0.309 e. The molecule has 11 aromatic rings. The van der Waals surface area contributed by atoms with Crippen LogP contribution in [0.3, 0.4) is 0 Å². The summed E-state index contributed by atoms with van der Waals surface area (Å²) >= 11 is 0. The van der Waals surface area contributed by atoms with Crippen molar-refractivity contribution in [1.82, 2.24) is 19.5 Å². The van der Waals surface area contributed by atoms with E-state index in [9.17, 15) is 0 Å². The van der Waals surface area contributed by atoms with Gasteiger partial charge in [0.15, 0.2) is 17.5 Å². The molecule has 9 aromatic carbocycles. The predicted molar refractivity (Wildman–Crippen MR) is 236 cm³/mol. The van der Waals surface area contributed by atoms with E-state index in [-0.39, 0.29) is 0 Å². The molecule has 4 heteroatoms. The molecule has 11 rings (SSSR count). The van der Waals surface area contributed by atoms with Gasteiger partial charge in [-0.3, -0.25) is 0 Å². The molecule has 0 saturated heterocycles. The van der Waals surface area contributed by atoms with Crippen molar-refractivity contribution in [2.45, 2.75) is 0 Å². The lowest BCUT2D eigenvalue weighted by atomic mass is 10.00. The van der Waals surface area contributed by atoms with Crippen molar-refractivity contribution in [2.75, 3.05) is 0 Å². The third-order valence-electron chi connectivity index (χ3n) is 11.0. The summed E-state index contributed by atoms with van der Waals surface area (Å²) < 4.78 is 2.38. The van der Waals surface area contributed by atoms with Gasteiger partial charge in [-0.25, -0.2) is 15.0 Å². The fourth-order valence-electron chi connectivity index (χ4n) is 8.24. The van der Waals surface area contributed by atoms with Gasteiger partial charge in [-0.15, -0.1) is 0 Å². The van der Waals surface area contributed by atoms with Crippen LogP contribution in [0.2, 0.25) is 0 Å². The van der Waals surface area contributed by atoms with Crippen LogP contribution in [0.5, 0.6) is 0 Å². The van der Waals surface area contributed by atoms with Gasteiger partial charge in [0.05, 0.1) is 11.0 Å². The van der Waals surface area contributed by atoms with E-state index in [1.165, 1.54) is 32.7 Å². The highest BCUT2D eigenvalue weighted by Crippen LogP contribution is 2.41. The molecule has 0 aliphatic carbocycles. The van der Waals surface area contributed by atoms with Crippen molar-refractivity contribution in [3.05, 3.63) is 206 Å². The predicted octanol–water partition coefficient (Wildman–Crippen LogP) is 13.6. The Morgan fingerprint density at radius 2 is 0.842 bits per heavy atom. The maximum atomic E-state index is 5.28. The van der Waals surface area contributed by atoms with Crippen LogP contribution in [0.1, 0.15) is 0 Å². The summed E-state index contributed by atoms with van der Waals surface area (Å²) in [5, 5.41) is 7.11. The number of nitrogens with zero attached hydrogens (tertiary/aromatic N) is 4. The van der Waals surface area contributed by atoms with Crippen molar-refractivity contribution in [3.8, 4) is 62.1 Å². The molecule has 0 fully saturated rings. The Balaban J connectivity index is 1.11.